The van der Waals surface area contributed by atoms with Crippen molar-refractivity contribution in [1.82, 2.24) is 5.32 Å². The van der Waals surface area contributed by atoms with Crippen LogP contribution in [0.3, 0.4) is 0 Å². The predicted octanol–water partition coefficient (Wildman–Crippen LogP) is -0.893. The van der Waals surface area contributed by atoms with Crippen molar-refractivity contribution in [2.75, 3.05) is 12.9 Å². The first-order valence-corrected chi connectivity index (χ1v) is 4.00. The first kappa shape index (κ1) is 7.84. The summed E-state index contributed by atoms with van der Waals surface area (Å²) in [6.07, 6.45) is 0. The van der Waals surface area contributed by atoms with E-state index in [1.807, 2.05) is 0 Å². The Morgan fingerprint density at radius 3 is 3.00 bits per heavy atom. The molecule has 0 saturated carbocycles. The van der Waals surface area contributed by atoms with Gasteiger partial charge < -0.3 is 10.5 Å². The van der Waals surface area contributed by atoms with Crippen LogP contribution in [0.15, 0.2) is 0 Å². The maximum absolute atomic E-state index is 10.8. The molecule has 0 radical (unpaired) electrons. The summed E-state index contributed by atoms with van der Waals surface area (Å²) in [4.78, 5) is 10.8. The highest BCUT2D eigenvalue weighted by molar-refractivity contribution is 8.00. The standard InChI is InChI=1S/C5H10N2O2S/c1-9-4(8)3-2-10-5(6)7-3/h3,5,7H,2,6H2,1H3. The maximum atomic E-state index is 10.8. The molecule has 1 saturated heterocycles. The number of esters is 1. The van der Waals surface area contributed by atoms with Gasteiger partial charge in [0.1, 0.15) is 11.5 Å². The molecule has 1 heterocycles. The molecule has 3 N–H and O–H groups in total. The molecule has 58 valence electrons. The first-order valence-electron chi connectivity index (χ1n) is 2.95. The lowest BCUT2D eigenvalue weighted by atomic mass is 10.3. The van der Waals surface area contributed by atoms with Gasteiger partial charge in [-0.15, -0.1) is 11.8 Å². The van der Waals surface area contributed by atoms with Crippen LogP contribution in [0.4, 0.5) is 0 Å². The van der Waals surface area contributed by atoms with E-state index in [-0.39, 0.29) is 17.5 Å². The smallest absolute Gasteiger partial charge is 0.323 e. The second-order valence-corrected chi connectivity index (χ2v) is 3.17. The van der Waals surface area contributed by atoms with Gasteiger partial charge in [0.05, 0.1) is 7.11 Å². The van der Waals surface area contributed by atoms with Gasteiger partial charge in [-0.1, -0.05) is 0 Å². The molecule has 1 fully saturated rings. The number of nitrogens with two attached hydrogens (primary N) is 1. The maximum Gasteiger partial charge on any atom is 0.323 e. The quantitative estimate of drug-likeness (QED) is 0.489. The molecular weight excluding hydrogens is 152 g/mol. The lowest BCUT2D eigenvalue weighted by Gasteiger charge is -2.06. The Balaban J connectivity index is 2.37. The van der Waals surface area contributed by atoms with E-state index in [1.165, 1.54) is 18.9 Å². The van der Waals surface area contributed by atoms with E-state index in [2.05, 4.69) is 10.1 Å². The molecule has 0 aromatic rings. The highest BCUT2D eigenvalue weighted by Gasteiger charge is 2.27. The summed E-state index contributed by atoms with van der Waals surface area (Å²) in [7, 11) is 1.37. The van der Waals surface area contributed by atoms with Gasteiger partial charge in [0.15, 0.2) is 0 Å². The molecule has 4 nitrogen and oxygen atoms in total. The van der Waals surface area contributed by atoms with Crippen molar-refractivity contribution in [2.45, 2.75) is 11.5 Å². The van der Waals surface area contributed by atoms with Crippen molar-refractivity contribution in [3.05, 3.63) is 0 Å². The van der Waals surface area contributed by atoms with Crippen molar-refractivity contribution in [1.29, 1.82) is 0 Å². The summed E-state index contributed by atoms with van der Waals surface area (Å²) in [5.74, 6) is 0.467. The number of carbonyl (C=O) groups is 1. The second-order valence-electron chi connectivity index (χ2n) is 2.00. The average molecular weight is 162 g/mol. The zero-order valence-corrected chi connectivity index (χ0v) is 6.48. The number of ether oxygens (including phenoxy) is 1. The lowest BCUT2D eigenvalue weighted by molar-refractivity contribution is -0.142. The number of methoxy groups -OCH3 is 1. The third-order valence-corrected chi connectivity index (χ3v) is 2.31. The molecule has 1 aliphatic rings. The molecule has 2 unspecified atom stereocenters. The Morgan fingerprint density at radius 1 is 1.90 bits per heavy atom. The normalized spacial score (nSPS) is 32.2. The first-order chi connectivity index (χ1) is 4.74. The molecule has 10 heavy (non-hydrogen) atoms. The van der Waals surface area contributed by atoms with Gasteiger partial charge in [0.25, 0.3) is 0 Å². The molecule has 0 amide bonds. The number of carbonyl (C=O) groups excluding carboxylic acids is 1. The zero-order valence-electron chi connectivity index (χ0n) is 5.66. The van der Waals surface area contributed by atoms with E-state index in [4.69, 9.17) is 5.73 Å². The average Bonchev–Trinajstić information content (AvgIpc) is 2.34. The van der Waals surface area contributed by atoms with E-state index in [9.17, 15) is 4.79 Å². The number of nitrogens with one attached hydrogen (secondary N) is 1. The fraction of sp³-hybridized carbons (Fsp3) is 0.800. The van der Waals surface area contributed by atoms with Gasteiger partial charge in [-0.2, -0.15) is 0 Å². The minimum absolute atomic E-state index is 0.121. The van der Waals surface area contributed by atoms with Crippen molar-refractivity contribution in [3.63, 3.8) is 0 Å². The van der Waals surface area contributed by atoms with Crippen molar-refractivity contribution in [2.24, 2.45) is 5.73 Å². The van der Waals surface area contributed by atoms with E-state index in [0.29, 0.717) is 5.75 Å². The van der Waals surface area contributed by atoms with Crippen LogP contribution in [0.5, 0.6) is 0 Å². The van der Waals surface area contributed by atoms with Gasteiger partial charge in [0, 0.05) is 5.75 Å². The van der Waals surface area contributed by atoms with Crippen molar-refractivity contribution >= 4 is 17.7 Å². The number of rotatable bonds is 1. The molecule has 0 aliphatic carbocycles. The molecule has 1 rings (SSSR count). The van der Waals surface area contributed by atoms with Gasteiger partial charge in [-0.3, -0.25) is 10.1 Å². The molecule has 0 aromatic carbocycles. The Hall–Kier alpha value is -0.260. The number of hydrogen-bond donors (Lipinski definition) is 2. The summed E-state index contributed by atoms with van der Waals surface area (Å²) in [6, 6.07) is -0.218. The summed E-state index contributed by atoms with van der Waals surface area (Å²) >= 11 is 1.51. The Kier molecular flexibility index (Phi) is 2.53. The molecule has 2 atom stereocenters. The molecule has 0 bridgehead atoms. The lowest BCUT2D eigenvalue weighted by Crippen LogP contribution is -2.40. The third kappa shape index (κ3) is 1.62. The van der Waals surface area contributed by atoms with Gasteiger partial charge in [0.2, 0.25) is 0 Å². The van der Waals surface area contributed by atoms with Crippen LogP contribution in [-0.4, -0.2) is 30.4 Å². The number of thioether (sulfide) groups is 1. The Labute approximate surface area is 63.5 Å². The van der Waals surface area contributed by atoms with E-state index in [1.54, 1.807) is 0 Å². The minimum Gasteiger partial charge on any atom is -0.468 e. The largest absolute Gasteiger partial charge is 0.468 e. The second kappa shape index (κ2) is 3.23. The summed E-state index contributed by atoms with van der Waals surface area (Å²) in [5, 5.41) is 2.87. The summed E-state index contributed by atoms with van der Waals surface area (Å²) < 4.78 is 4.51. The fourth-order valence-corrected chi connectivity index (χ4v) is 1.67. The van der Waals surface area contributed by atoms with E-state index < -0.39 is 0 Å². The topological polar surface area (TPSA) is 64.3 Å². The van der Waals surface area contributed by atoms with E-state index in [0.717, 1.165) is 0 Å². The highest BCUT2D eigenvalue weighted by Crippen LogP contribution is 2.14. The van der Waals surface area contributed by atoms with E-state index >= 15 is 0 Å². The van der Waals surface area contributed by atoms with Crippen LogP contribution in [0.2, 0.25) is 0 Å². The van der Waals surface area contributed by atoms with Crippen LogP contribution < -0.4 is 11.1 Å². The molecule has 5 heteroatoms. The summed E-state index contributed by atoms with van der Waals surface area (Å²) in [6.45, 7) is 0. The van der Waals surface area contributed by atoms with Crippen molar-refractivity contribution in [3.8, 4) is 0 Å². The van der Waals surface area contributed by atoms with Crippen molar-refractivity contribution < 1.29 is 9.53 Å². The van der Waals surface area contributed by atoms with Crippen LogP contribution in [-0.2, 0) is 9.53 Å². The fourth-order valence-electron chi connectivity index (χ4n) is 0.773. The van der Waals surface area contributed by atoms with Crippen LogP contribution in [0, 0.1) is 0 Å². The monoisotopic (exact) mass is 162 g/mol. The SMILES string of the molecule is COC(=O)C1CSC(N)N1. The predicted molar refractivity (Wildman–Crippen MR) is 39.4 cm³/mol. The van der Waals surface area contributed by atoms with Gasteiger partial charge >= 0.3 is 5.97 Å². The van der Waals surface area contributed by atoms with Crippen LogP contribution >= 0.6 is 11.8 Å². The van der Waals surface area contributed by atoms with Crippen LogP contribution in [0.1, 0.15) is 0 Å². The van der Waals surface area contributed by atoms with Crippen LogP contribution in [0.25, 0.3) is 0 Å². The summed E-state index contributed by atoms with van der Waals surface area (Å²) in [5.41, 5.74) is 5.34. The minimum atomic E-state index is -0.236. The van der Waals surface area contributed by atoms with Gasteiger partial charge in [-0.25, -0.2) is 0 Å². The molecular formula is C5H10N2O2S. The zero-order chi connectivity index (χ0) is 7.56. The molecule has 0 aromatic heterocycles. The third-order valence-electron chi connectivity index (χ3n) is 1.29. The molecule has 1 aliphatic heterocycles. The van der Waals surface area contributed by atoms with Gasteiger partial charge in [-0.05, 0) is 0 Å². The molecule has 0 spiro atoms. The highest BCUT2D eigenvalue weighted by atomic mass is 32.2. The Bertz CT molecular complexity index is 142. The Morgan fingerprint density at radius 2 is 2.60 bits per heavy atom. The number of hydrogen-bond acceptors (Lipinski definition) is 5.